The molecular formula is C12H20N2O. The third-order valence-electron chi connectivity index (χ3n) is 2.22. The number of methoxy groups -OCH3 is 1. The lowest BCUT2D eigenvalue weighted by molar-refractivity contribution is 0.415. The third-order valence-corrected chi connectivity index (χ3v) is 2.22. The van der Waals surface area contributed by atoms with Gasteiger partial charge in [-0.25, -0.2) is 0 Å². The first-order valence-electron chi connectivity index (χ1n) is 5.30. The zero-order chi connectivity index (χ0) is 11.3. The molecule has 15 heavy (non-hydrogen) atoms. The Morgan fingerprint density at radius 1 is 1.33 bits per heavy atom. The lowest BCUT2D eigenvalue weighted by atomic mass is 10.1. The Morgan fingerprint density at radius 2 is 2.07 bits per heavy atom. The lowest BCUT2D eigenvalue weighted by Crippen LogP contribution is -2.05. The van der Waals surface area contributed by atoms with Crippen LogP contribution in [0.4, 0.5) is 11.4 Å². The van der Waals surface area contributed by atoms with Gasteiger partial charge in [0.2, 0.25) is 0 Å². The summed E-state index contributed by atoms with van der Waals surface area (Å²) in [4.78, 5) is 0. The zero-order valence-corrected chi connectivity index (χ0v) is 9.71. The monoisotopic (exact) mass is 208 g/mol. The van der Waals surface area contributed by atoms with Gasteiger partial charge >= 0.3 is 0 Å². The molecule has 3 nitrogen and oxygen atoms in total. The molecule has 3 heteroatoms. The Labute approximate surface area is 91.6 Å². The lowest BCUT2D eigenvalue weighted by Gasteiger charge is -2.10. The van der Waals surface area contributed by atoms with Gasteiger partial charge in [0.1, 0.15) is 5.75 Å². The van der Waals surface area contributed by atoms with E-state index in [0.29, 0.717) is 5.92 Å². The van der Waals surface area contributed by atoms with Gasteiger partial charge < -0.3 is 15.8 Å². The van der Waals surface area contributed by atoms with Gasteiger partial charge in [0.25, 0.3) is 0 Å². The molecule has 0 heterocycles. The fraction of sp³-hybridized carbons (Fsp3) is 0.500. The number of anilines is 2. The molecule has 0 aliphatic heterocycles. The van der Waals surface area contributed by atoms with E-state index in [1.165, 1.54) is 0 Å². The number of nitrogens with two attached hydrogens (primary N) is 1. The van der Waals surface area contributed by atoms with Crippen LogP contribution >= 0.6 is 0 Å². The summed E-state index contributed by atoms with van der Waals surface area (Å²) in [6.45, 7) is 5.38. The zero-order valence-electron chi connectivity index (χ0n) is 9.71. The van der Waals surface area contributed by atoms with E-state index < -0.39 is 0 Å². The van der Waals surface area contributed by atoms with Crippen molar-refractivity contribution in [2.45, 2.75) is 20.3 Å². The van der Waals surface area contributed by atoms with Gasteiger partial charge in [-0.3, -0.25) is 0 Å². The largest absolute Gasteiger partial charge is 0.497 e. The topological polar surface area (TPSA) is 47.3 Å². The van der Waals surface area contributed by atoms with Crippen molar-refractivity contribution in [1.82, 2.24) is 0 Å². The number of benzene rings is 1. The van der Waals surface area contributed by atoms with Crippen molar-refractivity contribution in [3.63, 3.8) is 0 Å². The highest BCUT2D eigenvalue weighted by Gasteiger charge is 1.99. The maximum atomic E-state index is 5.75. The van der Waals surface area contributed by atoms with Crippen LogP contribution in [0.25, 0.3) is 0 Å². The van der Waals surface area contributed by atoms with Gasteiger partial charge in [-0.1, -0.05) is 13.8 Å². The van der Waals surface area contributed by atoms with Crippen molar-refractivity contribution in [3.8, 4) is 5.75 Å². The van der Waals surface area contributed by atoms with Gasteiger partial charge in [-0.15, -0.1) is 0 Å². The van der Waals surface area contributed by atoms with Crippen LogP contribution in [0.15, 0.2) is 18.2 Å². The highest BCUT2D eigenvalue weighted by molar-refractivity contribution is 5.59. The molecular weight excluding hydrogens is 188 g/mol. The quantitative estimate of drug-likeness (QED) is 0.731. The maximum Gasteiger partial charge on any atom is 0.122 e. The molecule has 0 radical (unpaired) electrons. The van der Waals surface area contributed by atoms with Crippen LogP contribution in [0, 0.1) is 5.92 Å². The minimum Gasteiger partial charge on any atom is -0.497 e. The predicted molar refractivity (Wildman–Crippen MR) is 65.4 cm³/mol. The van der Waals surface area contributed by atoms with Crippen LogP contribution < -0.4 is 15.8 Å². The molecule has 1 aromatic rings. The maximum absolute atomic E-state index is 5.75. The summed E-state index contributed by atoms with van der Waals surface area (Å²) >= 11 is 0. The Hall–Kier alpha value is -1.38. The first kappa shape index (κ1) is 11.7. The van der Waals surface area contributed by atoms with Crippen molar-refractivity contribution in [2.75, 3.05) is 24.7 Å². The number of nitrogen functional groups attached to an aromatic ring is 1. The summed E-state index contributed by atoms with van der Waals surface area (Å²) in [7, 11) is 1.65. The van der Waals surface area contributed by atoms with Crippen molar-refractivity contribution in [2.24, 2.45) is 5.92 Å². The summed E-state index contributed by atoms with van der Waals surface area (Å²) in [5.74, 6) is 1.50. The van der Waals surface area contributed by atoms with Gasteiger partial charge in [-0.2, -0.15) is 0 Å². The van der Waals surface area contributed by atoms with E-state index >= 15 is 0 Å². The van der Waals surface area contributed by atoms with Crippen LogP contribution in [0.5, 0.6) is 5.75 Å². The minimum absolute atomic E-state index is 0.709. The molecule has 0 atom stereocenters. The van der Waals surface area contributed by atoms with E-state index in [0.717, 1.165) is 30.1 Å². The van der Waals surface area contributed by atoms with Crippen LogP contribution in [0.1, 0.15) is 20.3 Å². The highest BCUT2D eigenvalue weighted by atomic mass is 16.5. The number of nitrogens with one attached hydrogen (secondary N) is 1. The molecule has 1 aromatic carbocycles. The van der Waals surface area contributed by atoms with Crippen LogP contribution in [-0.2, 0) is 0 Å². The number of ether oxygens (including phenoxy) is 1. The number of hydrogen-bond acceptors (Lipinski definition) is 3. The van der Waals surface area contributed by atoms with Gasteiger partial charge in [-0.05, 0) is 18.4 Å². The van der Waals surface area contributed by atoms with Gasteiger partial charge in [0, 0.05) is 30.1 Å². The van der Waals surface area contributed by atoms with Crippen LogP contribution in [-0.4, -0.2) is 13.7 Å². The van der Waals surface area contributed by atoms with Gasteiger partial charge in [0.05, 0.1) is 7.11 Å². The molecule has 0 spiro atoms. The molecule has 0 fully saturated rings. The third kappa shape index (κ3) is 4.11. The van der Waals surface area contributed by atoms with E-state index in [4.69, 9.17) is 10.5 Å². The van der Waals surface area contributed by atoms with Crippen molar-refractivity contribution < 1.29 is 4.74 Å². The first-order valence-corrected chi connectivity index (χ1v) is 5.30. The Morgan fingerprint density at radius 3 is 2.67 bits per heavy atom. The standard InChI is InChI=1S/C12H20N2O/c1-9(2)4-5-14-11-6-10(13)7-12(8-11)15-3/h6-9,14H,4-5,13H2,1-3H3. The molecule has 0 amide bonds. The molecule has 0 aromatic heterocycles. The van der Waals surface area contributed by atoms with Crippen molar-refractivity contribution in [3.05, 3.63) is 18.2 Å². The van der Waals surface area contributed by atoms with E-state index in [1.54, 1.807) is 7.11 Å². The highest BCUT2D eigenvalue weighted by Crippen LogP contribution is 2.22. The average Bonchev–Trinajstić information content (AvgIpc) is 2.16. The Bertz CT molecular complexity index is 310. The second-order valence-electron chi connectivity index (χ2n) is 4.10. The predicted octanol–water partition coefficient (Wildman–Crippen LogP) is 2.74. The van der Waals surface area contributed by atoms with E-state index in [1.807, 2.05) is 18.2 Å². The summed E-state index contributed by atoms with van der Waals surface area (Å²) in [6.07, 6.45) is 1.15. The molecule has 0 saturated heterocycles. The normalized spacial score (nSPS) is 10.4. The summed E-state index contributed by atoms with van der Waals surface area (Å²) in [5, 5.41) is 3.33. The summed E-state index contributed by atoms with van der Waals surface area (Å²) in [5.41, 5.74) is 7.49. The number of rotatable bonds is 5. The molecule has 84 valence electrons. The van der Waals surface area contributed by atoms with E-state index in [9.17, 15) is 0 Å². The molecule has 0 aliphatic rings. The van der Waals surface area contributed by atoms with Crippen molar-refractivity contribution >= 4 is 11.4 Å². The van der Waals surface area contributed by atoms with Crippen LogP contribution in [0.3, 0.4) is 0 Å². The molecule has 0 unspecified atom stereocenters. The fourth-order valence-corrected chi connectivity index (χ4v) is 1.35. The fourth-order valence-electron chi connectivity index (χ4n) is 1.35. The molecule has 1 rings (SSSR count). The SMILES string of the molecule is COc1cc(N)cc(NCCC(C)C)c1. The van der Waals surface area contributed by atoms with E-state index in [-0.39, 0.29) is 0 Å². The van der Waals surface area contributed by atoms with E-state index in [2.05, 4.69) is 19.2 Å². The molecule has 3 N–H and O–H groups in total. The van der Waals surface area contributed by atoms with Crippen molar-refractivity contribution in [1.29, 1.82) is 0 Å². The minimum atomic E-state index is 0.709. The Kier molecular flexibility index (Phi) is 4.28. The summed E-state index contributed by atoms with van der Waals surface area (Å²) in [6, 6.07) is 5.69. The van der Waals surface area contributed by atoms with Crippen LogP contribution in [0.2, 0.25) is 0 Å². The second kappa shape index (κ2) is 5.49. The number of hydrogen-bond donors (Lipinski definition) is 2. The summed E-state index contributed by atoms with van der Waals surface area (Å²) < 4.78 is 5.14. The molecule has 0 saturated carbocycles. The molecule has 0 aliphatic carbocycles. The average molecular weight is 208 g/mol. The van der Waals surface area contributed by atoms with Gasteiger partial charge in [0.15, 0.2) is 0 Å². The second-order valence-corrected chi connectivity index (χ2v) is 4.10. The first-order chi connectivity index (χ1) is 7.11. The Balaban J connectivity index is 2.56. The smallest absolute Gasteiger partial charge is 0.122 e. The molecule has 0 bridgehead atoms.